The first kappa shape index (κ1) is 12.8. The van der Waals surface area contributed by atoms with Gasteiger partial charge in [-0.25, -0.2) is 0 Å². The Labute approximate surface area is 92.9 Å². The van der Waals surface area contributed by atoms with E-state index in [2.05, 4.69) is 0 Å². The van der Waals surface area contributed by atoms with E-state index in [1.165, 1.54) is 11.9 Å². The number of anilines is 1. The van der Waals surface area contributed by atoms with Gasteiger partial charge in [0.25, 0.3) is 0 Å². The van der Waals surface area contributed by atoms with Crippen molar-refractivity contribution in [3.63, 3.8) is 0 Å². The van der Waals surface area contributed by atoms with E-state index < -0.39 is 12.7 Å². The molecule has 1 unspecified atom stereocenters. The molecule has 90 valence electrons. The van der Waals surface area contributed by atoms with Crippen molar-refractivity contribution >= 4 is 5.69 Å². The van der Waals surface area contributed by atoms with Crippen molar-refractivity contribution in [2.24, 2.45) is 0 Å². The number of hydrogen-bond donors (Lipinski definition) is 1. The SMILES string of the molecule is CC(c1ccc(N)cc1)N(C)CC(F)(F)F. The summed E-state index contributed by atoms with van der Waals surface area (Å²) in [5, 5.41) is 0. The number of nitrogens with zero attached hydrogens (tertiary/aromatic N) is 1. The van der Waals surface area contributed by atoms with Crippen LogP contribution in [0.4, 0.5) is 18.9 Å². The van der Waals surface area contributed by atoms with E-state index in [1.54, 1.807) is 31.2 Å². The van der Waals surface area contributed by atoms with Gasteiger partial charge in [0.15, 0.2) is 0 Å². The number of rotatable bonds is 3. The Morgan fingerprint density at radius 1 is 1.25 bits per heavy atom. The lowest BCUT2D eigenvalue weighted by Gasteiger charge is -2.26. The Morgan fingerprint density at radius 3 is 2.19 bits per heavy atom. The molecule has 0 amide bonds. The third-order valence-corrected chi connectivity index (χ3v) is 2.51. The number of benzene rings is 1. The standard InChI is InChI=1S/C11H15F3N2/c1-8(16(2)7-11(12,13)14)9-3-5-10(15)6-4-9/h3-6,8H,7,15H2,1-2H3. The van der Waals surface area contributed by atoms with Crippen molar-refractivity contribution in [2.75, 3.05) is 19.3 Å². The van der Waals surface area contributed by atoms with E-state index >= 15 is 0 Å². The lowest BCUT2D eigenvalue weighted by atomic mass is 10.1. The summed E-state index contributed by atoms with van der Waals surface area (Å²) < 4.78 is 36.6. The van der Waals surface area contributed by atoms with E-state index in [1.807, 2.05) is 0 Å². The number of hydrogen-bond acceptors (Lipinski definition) is 2. The summed E-state index contributed by atoms with van der Waals surface area (Å²) >= 11 is 0. The molecule has 1 rings (SSSR count). The van der Waals surface area contributed by atoms with Crippen molar-refractivity contribution in [3.8, 4) is 0 Å². The molecule has 1 aromatic rings. The van der Waals surface area contributed by atoms with Crippen molar-refractivity contribution < 1.29 is 13.2 Å². The molecule has 5 heteroatoms. The molecule has 0 aliphatic rings. The van der Waals surface area contributed by atoms with Crippen molar-refractivity contribution in [1.29, 1.82) is 0 Å². The quantitative estimate of drug-likeness (QED) is 0.812. The molecule has 0 fully saturated rings. The lowest BCUT2D eigenvalue weighted by Crippen LogP contribution is -2.33. The van der Waals surface area contributed by atoms with Crippen LogP contribution in [0.3, 0.4) is 0 Å². The first-order valence-electron chi connectivity index (χ1n) is 4.92. The predicted octanol–water partition coefficient (Wildman–Crippen LogP) is 2.82. The molecule has 0 heterocycles. The molecular weight excluding hydrogens is 217 g/mol. The van der Waals surface area contributed by atoms with E-state index in [4.69, 9.17) is 5.73 Å². The molecular formula is C11H15F3N2. The fourth-order valence-electron chi connectivity index (χ4n) is 1.45. The Bertz CT molecular complexity index is 332. The van der Waals surface area contributed by atoms with Gasteiger partial charge in [-0.3, -0.25) is 4.90 Å². The summed E-state index contributed by atoms with van der Waals surface area (Å²) in [6.07, 6.45) is -4.17. The molecule has 16 heavy (non-hydrogen) atoms. The van der Waals surface area contributed by atoms with Gasteiger partial charge in [0.05, 0.1) is 6.54 Å². The van der Waals surface area contributed by atoms with Crippen LogP contribution < -0.4 is 5.73 Å². The molecule has 1 aromatic carbocycles. The Kier molecular flexibility index (Phi) is 3.80. The van der Waals surface area contributed by atoms with E-state index in [0.29, 0.717) is 5.69 Å². The zero-order valence-corrected chi connectivity index (χ0v) is 9.25. The summed E-state index contributed by atoms with van der Waals surface area (Å²) in [6, 6.07) is 6.57. The fraction of sp³-hybridized carbons (Fsp3) is 0.455. The van der Waals surface area contributed by atoms with Gasteiger partial charge in [0.2, 0.25) is 0 Å². The van der Waals surface area contributed by atoms with Gasteiger partial charge < -0.3 is 5.73 Å². The highest BCUT2D eigenvalue weighted by Crippen LogP contribution is 2.24. The molecule has 0 radical (unpaired) electrons. The van der Waals surface area contributed by atoms with E-state index in [-0.39, 0.29) is 6.04 Å². The molecule has 0 saturated carbocycles. The number of halogens is 3. The summed E-state index contributed by atoms with van der Waals surface area (Å²) in [5.74, 6) is 0. The largest absolute Gasteiger partial charge is 0.401 e. The third kappa shape index (κ3) is 3.73. The first-order valence-corrected chi connectivity index (χ1v) is 4.92. The molecule has 0 aromatic heterocycles. The highest BCUT2D eigenvalue weighted by molar-refractivity contribution is 5.40. The van der Waals surface area contributed by atoms with Crippen LogP contribution in [0.15, 0.2) is 24.3 Å². The number of nitrogens with two attached hydrogens (primary N) is 1. The molecule has 2 nitrogen and oxygen atoms in total. The second-order valence-corrected chi connectivity index (χ2v) is 3.87. The van der Waals surface area contributed by atoms with E-state index in [0.717, 1.165) is 5.56 Å². The maximum Gasteiger partial charge on any atom is 0.401 e. The summed E-state index contributed by atoms with van der Waals surface area (Å²) in [5.41, 5.74) is 6.94. The maximum atomic E-state index is 12.2. The maximum absolute atomic E-state index is 12.2. The zero-order chi connectivity index (χ0) is 12.3. The fourth-order valence-corrected chi connectivity index (χ4v) is 1.45. The Balaban J connectivity index is 2.70. The van der Waals surface area contributed by atoms with Crippen LogP contribution in [0, 0.1) is 0 Å². The zero-order valence-electron chi connectivity index (χ0n) is 9.25. The molecule has 0 bridgehead atoms. The molecule has 0 spiro atoms. The van der Waals surface area contributed by atoms with Crippen LogP contribution in [0.25, 0.3) is 0 Å². The minimum absolute atomic E-state index is 0.290. The Hall–Kier alpha value is -1.23. The van der Waals surface area contributed by atoms with Crippen LogP contribution in [-0.2, 0) is 0 Å². The monoisotopic (exact) mass is 232 g/mol. The van der Waals surface area contributed by atoms with E-state index in [9.17, 15) is 13.2 Å². The summed E-state index contributed by atoms with van der Waals surface area (Å²) in [6.45, 7) is 0.815. The molecule has 0 aliphatic heterocycles. The predicted molar refractivity (Wildman–Crippen MR) is 58.0 cm³/mol. The van der Waals surface area contributed by atoms with Gasteiger partial charge in [-0.1, -0.05) is 12.1 Å². The highest BCUT2D eigenvalue weighted by atomic mass is 19.4. The van der Waals surface area contributed by atoms with Crippen LogP contribution in [0.2, 0.25) is 0 Å². The average Bonchev–Trinajstić information content (AvgIpc) is 2.15. The average molecular weight is 232 g/mol. The normalized spacial score (nSPS) is 14.1. The molecule has 1 atom stereocenters. The smallest absolute Gasteiger partial charge is 0.399 e. The second-order valence-electron chi connectivity index (χ2n) is 3.87. The molecule has 2 N–H and O–H groups in total. The summed E-state index contributed by atoms with van der Waals surface area (Å²) in [4.78, 5) is 1.26. The van der Waals surface area contributed by atoms with Gasteiger partial charge in [-0.2, -0.15) is 13.2 Å². The second kappa shape index (κ2) is 4.74. The lowest BCUT2D eigenvalue weighted by molar-refractivity contribution is -0.147. The first-order chi connectivity index (χ1) is 7.29. The van der Waals surface area contributed by atoms with Gasteiger partial charge in [-0.15, -0.1) is 0 Å². The minimum atomic E-state index is -4.17. The van der Waals surface area contributed by atoms with Crippen LogP contribution in [0.1, 0.15) is 18.5 Å². The van der Waals surface area contributed by atoms with Crippen molar-refractivity contribution in [3.05, 3.63) is 29.8 Å². The van der Waals surface area contributed by atoms with Gasteiger partial charge in [0.1, 0.15) is 0 Å². The highest BCUT2D eigenvalue weighted by Gasteiger charge is 2.31. The molecule has 0 aliphatic carbocycles. The third-order valence-electron chi connectivity index (χ3n) is 2.51. The topological polar surface area (TPSA) is 29.3 Å². The van der Waals surface area contributed by atoms with Gasteiger partial charge >= 0.3 is 6.18 Å². The Morgan fingerprint density at radius 2 is 1.75 bits per heavy atom. The van der Waals surface area contributed by atoms with Crippen molar-refractivity contribution in [1.82, 2.24) is 4.90 Å². The van der Waals surface area contributed by atoms with Crippen LogP contribution in [0.5, 0.6) is 0 Å². The molecule has 0 saturated heterocycles. The summed E-state index contributed by atoms with van der Waals surface area (Å²) in [7, 11) is 1.45. The van der Waals surface area contributed by atoms with Crippen molar-refractivity contribution in [2.45, 2.75) is 19.1 Å². The number of nitrogen functional groups attached to an aromatic ring is 1. The minimum Gasteiger partial charge on any atom is -0.399 e. The number of alkyl halides is 3. The van der Waals surface area contributed by atoms with Crippen LogP contribution >= 0.6 is 0 Å². The van der Waals surface area contributed by atoms with Gasteiger partial charge in [0, 0.05) is 11.7 Å². The van der Waals surface area contributed by atoms with Crippen LogP contribution in [-0.4, -0.2) is 24.7 Å². The van der Waals surface area contributed by atoms with Gasteiger partial charge in [-0.05, 0) is 31.7 Å².